The molecule has 1 heterocycles. The third-order valence-corrected chi connectivity index (χ3v) is 3.24. The molecule has 19 heavy (non-hydrogen) atoms. The van der Waals surface area contributed by atoms with Gasteiger partial charge in [-0.1, -0.05) is 11.6 Å². The standard InChI is InChI=1S/C13H13ClFN3O/c1-7-8(2)13(18-17-12(7)14)16-10-5-4-9(15)6-11(10)19-3/h4-6H,1-3H3,(H,16,18). The summed E-state index contributed by atoms with van der Waals surface area (Å²) in [6.45, 7) is 3.74. The summed E-state index contributed by atoms with van der Waals surface area (Å²) in [4.78, 5) is 0. The van der Waals surface area contributed by atoms with E-state index in [9.17, 15) is 4.39 Å². The highest BCUT2D eigenvalue weighted by Gasteiger charge is 2.11. The first-order valence-electron chi connectivity index (χ1n) is 5.63. The zero-order valence-corrected chi connectivity index (χ0v) is 11.5. The van der Waals surface area contributed by atoms with Crippen molar-refractivity contribution in [3.8, 4) is 5.75 Å². The number of benzene rings is 1. The lowest BCUT2D eigenvalue weighted by atomic mass is 10.2. The van der Waals surface area contributed by atoms with E-state index in [1.807, 2.05) is 13.8 Å². The first kappa shape index (κ1) is 13.5. The van der Waals surface area contributed by atoms with Crippen LogP contribution in [0.3, 0.4) is 0 Å². The van der Waals surface area contributed by atoms with Crippen LogP contribution in [0.1, 0.15) is 11.1 Å². The molecular weight excluding hydrogens is 269 g/mol. The molecule has 0 aliphatic heterocycles. The van der Waals surface area contributed by atoms with E-state index in [4.69, 9.17) is 16.3 Å². The van der Waals surface area contributed by atoms with Gasteiger partial charge in [0.05, 0.1) is 12.8 Å². The maximum absolute atomic E-state index is 13.1. The van der Waals surface area contributed by atoms with Gasteiger partial charge in [0, 0.05) is 6.07 Å². The van der Waals surface area contributed by atoms with Crippen LogP contribution in [-0.2, 0) is 0 Å². The number of nitrogens with zero attached hydrogens (tertiary/aromatic N) is 2. The molecule has 100 valence electrons. The van der Waals surface area contributed by atoms with Gasteiger partial charge in [-0.25, -0.2) is 4.39 Å². The number of hydrogen-bond donors (Lipinski definition) is 1. The van der Waals surface area contributed by atoms with Gasteiger partial charge in [0.15, 0.2) is 11.0 Å². The van der Waals surface area contributed by atoms with E-state index in [0.29, 0.717) is 22.4 Å². The van der Waals surface area contributed by atoms with E-state index < -0.39 is 0 Å². The number of nitrogens with one attached hydrogen (secondary N) is 1. The molecule has 0 radical (unpaired) electrons. The Kier molecular flexibility index (Phi) is 3.85. The fourth-order valence-electron chi connectivity index (χ4n) is 1.59. The van der Waals surface area contributed by atoms with Crippen LogP contribution in [-0.4, -0.2) is 17.3 Å². The minimum absolute atomic E-state index is 0.363. The van der Waals surface area contributed by atoms with Gasteiger partial charge >= 0.3 is 0 Å². The second-order valence-corrected chi connectivity index (χ2v) is 4.42. The Balaban J connectivity index is 2.39. The molecule has 2 aromatic rings. The lowest BCUT2D eigenvalue weighted by Crippen LogP contribution is -2.02. The van der Waals surface area contributed by atoms with Crippen molar-refractivity contribution in [1.29, 1.82) is 0 Å². The van der Waals surface area contributed by atoms with Crippen LogP contribution >= 0.6 is 11.6 Å². The maximum atomic E-state index is 13.1. The number of ether oxygens (including phenoxy) is 1. The molecule has 2 rings (SSSR count). The third-order valence-electron chi connectivity index (χ3n) is 2.88. The summed E-state index contributed by atoms with van der Waals surface area (Å²) in [5, 5.41) is 11.3. The Morgan fingerprint density at radius 2 is 1.95 bits per heavy atom. The van der Waals surface area contributed by atoms with Crippen molar-refractivity contribution in [3.05, 3.63) is 40.3 Å². The average Bonchev–Trinajstić information content (AvgIpc) is 2.41. The van der Waals surface area contributed by atoms with Crippen molar-refractivity contribution < 1.29 is 9.13 Å². The summed E-state index contributed by atoms with van der Waals surface area (Å²) in [5.74, 6) is 0.595. The summed E-state index contributed by atoms with van der Waals surface area (Å²) in [7, 11) is 1.48. The van der Waals surface area contributed by atoms with Gasteiger partial charge in [-0.15, -0.1) is 10.2 Å². The van der Waals surface area contributed by atoms with E-state index >= 15 is 0 Å². The molecule has 0 saturated heterocycles. The van der Waals surface area contributed by atoms with E-state index in [0.717, 1.165) is 11.1 Å². The summed E-state index contributed by atoms with van der Waals surface area (Å²) in [5.41, 5.74) is 2.34. The minimum atomic E-state index is -0.363. The lowest BCUT2D eigenvalue weighted by Gasteiger charge is -2.13. The van der Waals surface area contributed by atoms with Gasteiger partial charge in [-0.2, -0.15) is 0 Å². The van der Waals surface area contributed by atoms with Crippen LogP contribution < -0.4 is 10.1 Å². The molecule has 1 N–H and O–H groups in total. The molecule has 0 aliphatic rings. The van der Waals surface area contributed by atoms with Gasteiger partial charge < -0.3 is 10.1 Å². The monoisotopic (exact) mass is 281 g/mol. The van der Waals surface area contributed by atoms with Crippen molar-refractivity contribution in [2.24, 2.45) is 0 Å². The molecule has 0 unspecified atom stereocenters. The summed E-state index contributed by atoms with van der Waals surface area (Å²) >= 11 is 5.89. The molecule has 1 aromatic heterocycles. The van der Waals surface area contributed by atoms with E-state index in [2.05, 4.69) is 15.5 Å². The van der Waals surface area contributed by atoms with Gasteiger partial charge in [0.1, 0.15) is 11.6 Å². The molecule has 0 aliphatic carbocycles. The highest BCUT2D eigenvalue weighted by Crippen LogP contribution is 2.30. The molecule has 1 aromatic carbocycles. The van der Waals surface area contributed by atoms with Gasteiger partial charge in [-0.3, -0.25) is 0 Å². The first-order valence-corrected chi connectivity index (χ1v) is 6.00. The van der Waals surface area contributed by atoms with Gasteiger partial charge in [-0.05, 0) is 37.1 Å². The van der Waals surface area contributed by atoms with Crippen LogP contribution in [0.2, 0.25) is 5.15 Å². The first-order chi connectivity index (χ1) is 9.02. The fraction of sp³-hybridized carbons (Fsp3) is 0.231. The highest BCUT2D eigenvalue weighted by molar-refractivity contribution is 6.30. The number of methoxy groups -OCH3 is 1. The normalized spacial score (nSPS) is 10.4. The molecule has 0 atom stereocenters. The molecule has 6 heteroatoms. The Morgan fingerprint density at radius 1 is 1.21 bits per heavy atom. The number of rotatable bonds is 3. The number of anilines is 2. The van der Waals surface area contributed by atoms with Crippen LogP contribution in [0.15, 0.2) is 18.2 Å². The van der Waals surface area contributed by atoms with E-state index in [1.165, 1.54) is 19.2 Å². The largest absolute Gasteiger partial charge is 0.494 e. The molecule has 0 fully saturated rings. The fourth-order valence-corrected chi connectivity index (χ4v) is 1.77. The highest BCUT2D eigenvalue weighted by atomic mass is 35.5. The molecular formula is C13H13ClFN3O. The second-order valence-electron chi connectivity index (χ2n) is 4.06. The zero-order chi connectivity index (χ0) is 14.0. The van der Waals surface area contributed by atoms with E-state index in [1.54, 1.807) is 6.07 Å². The van der Waals surface area contributed by atoms with Crippen molar-refractivity contribution in [1.82, 2.24) is 10.2 Å². The smallest absolute Gasteiger partial charge is 0.156 e. The predicted octanol–water partition coefficient (Wildman–Crippen LogP) is 3.64. The SMILES string of the molecule is COc1cc(F)ccc1Nc1nnc(Cl)c(C)c1C. The van der Waals surface area contributed by atoms with Crippen molar-refractivity contribution >= 4 is 23.1 Å². The van der Waals surface area contributed by atoms with E-state index in [-0.39, 0.29) is 5.82 Å². The Bertz CT molecular complexity index is 619. The molecule has 0 bridgehead atoms. The number of aromatic nitrogens is 2. The summed E-state index contributed by atoms with van der Waals surface area (Å²) in [6, 6.07) is 4.23. The zero-order valence-electron chi connectivity index (χ0n) is 10.8. The van der Waals surface area contributed by atoms with Crippen molar-refractivity contribution in [3.63, 3.8) is 0 Å². The maximum Gasteiger partial charge on any atom is 0.156 e. The molecule has 0 amide bonds. The quantitative estimate of drug-likeness (QED) is 0.933. The van der Waals surface area contributed by atoms with Crippen LogP contribution in [0.25, 0.3) is 0 Å². The van der Waals surface area contributed by atoms with Crippen molar-refractivity contribution in [2.75, 3.05) is 12.4 Å². The Morgan fingerprint density at radius 3 is 2.63 bits per heavy atom. The third kappa shape index (κ3) is 2.76. The average molecular weight is 282 g/mol. The topological polar surface area (TPSA) is 47.0 Å². The summed E-state index contributed by atoms with van der Waals surface area (Å²) in [6.07, 6.45) is 0. The Hall–Kier alpha value is -1.88. The van der Waals surface area contributed by atoms with Crippen LogP contribution in [0.4, 0.5) is 15.9 Å². The van der Waals surface area contributed by atoms with Gasteiger partial charge in [0.2, 0.25) is 0 Å². The summed E-state index contributed by atoms with van der Waals surface area (Å²) < 4.78 is 18.2. The Labute approximate surface area is 115 Å². The molecule has 4 nitrogen and oxygen atoms in total. The molecule has 0 saturated carbocycles. The number of hydrogen-bond acceptors (Lipinski definition) is 4. The van der Waals surface area contributed by atoms with Crippen LogP contribution in [0, 0.1) is 19.7 Å². The second kappa shape index (κ2) is 5.40. The number of halogens is 2. The van der Waals surface area contributed by atoms with Crippen molar-refractivity contribution in [2.45, 2.75) is 13.8 Å². The van der Waals surface area contributed by atoms with Gasteiger partial charge in [0.25, 0.3) is 0 Å². The lowest BCUT2D eigenvalue weighted by molar-refractivity contribution is 0.413. The molecule has 0 spiro atoms. The van der Waals surface area contributed by atoms with Crippen LogP contribution in [0.5, 0.6) is 5.75 Å². The predicted molar refractivity (Wildman–Crippen MR) is 72.8 cm³/mol. The minimum Gasteiger partial charge on any atom is -0.494 e.